The molecule has 6 heteroatoms. The van der Waals surface area contributed by atoms with Crippen LogP contribution < -0.4 is 21.1 Å². The summed E-state index contributed by atoms with van der Waals surface area (Å²) < 4.78 is 5.26. The maximum Gasteiger partial charge on any atom is 0.255 e. The van der Waals surface area contributed by atoms with E-state index in [0.29, 0.717) is 18.8 Å². The van der Waals surface area contributed by atoms with Crippen molar-refractivity contribution >= 4 is 11.9 Å². The average Bonchev–Trinajstić information content (AvgIpc) is 2.48. The zero-order valence-electron chi connectivity index (χ0n) is 12.3. The molecule has 0 aliphatic rings. The summed E-state index contributed by atoms with van der Waals surface area (Å²) in [5, 5.41) is 6.26. The van der Waals surface area contributed by atoms with Crippen LogP contribution >= 0.6 is 0 Å². The number of nitrogens with one attached hydrogen (secondary N) is 2. The number of primary amides is 1. The molecule has 0 fully saturated rings. The second-order valence-electron chi connectivity index (χ2n) is 4.27. The van der Waals surface area contributed by atoms with E-state index < -0.39 is 5.91 Å². The van der Waals surface area contributed by atoms with Crippen LogP contribution in [-0.4, -0.2) is 31.6 Å². The number of carbonyl (C=O) groups excluding carboxylic acids is 1. The third-order valence-electron chi connectivity index (χ3n) is 2.46. The number of ether oxygens (including phenoxy) is 1. The molecule has 0 heterocycles. The summed E-state index contributed by atoms with van der Waals surface area (Å²) in [5.74, 6) is 0.827. The Morgan fingerprint density at radius 2 is 2.29 bits per heavy atom. The van der Waals surface area contributed by atoms with Crippen molar-refractivity contribution in [1.29, 1.82) is 0 Å². The lowest BCUT2D eigenvalue weighted by Crippen LogP contribution is -2.37. The van der Waals surface area contributed by atoms with Crippen molar-refractivity contribution in [2.45, 2.75) is 13.5 Å². The lowest BCUT2D eigenvalue weighted by Gasteiger charge is -2.10. The van der Waals surface area contributed by atoms with Gasteiger partial charge in [-0.15, -0.1) is 6.58 Å². The van der Waals surface area contributed by atoms with Crippen LogP contribution in [0.3, 0.4) is 0 Å². The molecule has 0 bridgehead atoms. The molecule has 1 aromatic rings. The molecule has 4 N–H and O–H groups in total. The minimum atomic E-state index is -0.499. The van der Waals surface area contributed by atoms with E-state index in [4.69, 9.17) is 10.5 Å². The number of benzene rings is 1. The summed E-state index contributed by atoms with van der Waals surface area (Å²) in [6.45, 7) is 7.46. The van der Waals surface area contributed by atoms with Crippen molar-refractivity contribution in [3.63, 3.8) is 0 Å². The van der Waals surface area contributed by atoms with Crippen LogP contribution in [-0.2, 0) is 11.3 Å². The zero-order chi connectivity index (χ0) is 15.5. The van der Waals surface area contributed by atoms with E-state index in [1.807, 2.05) is 25.1 Å². The molecule has 0 saturated heterocycles. The molecule has 0 aliphatic heterocycles. The van der Waals surface area contributed by atoms with Crippen molar-refractivity contribution in [2.24, 2.45) is 10.7 Å². The first-order valence-electron chi connectivity index (χ1n) is 6.78. The van der Waals surface area contributed by atoms with E-state index in [1.165, 1.54) is 0 Å². The highest BCUT2D eigenvalue weighted by molar-refractivity contribution is 5.79. The highest BCUT2D eigenvalue weighted by Gasteiger charge is 2.00. The van der Waals surface area contributed by atoms with Crippen molar-refractivity contribution in [3.05, 3.63) is 42.5 Å². The van der Waals surface area contributed by atoms with E-state index in [9.17, 15) is 4.79 Å². The Balaban J connectivity index is 2.65. The van der Waals surface area contributed by atoms with Crippen LogP contribution in [0.1, 0.15) is 12.5 Å². The summed E-state index contributed by atoms with van der Waals surface area (Å²) >= 11 is 0. The Morgan fingerprint density at radius 1 is 1.48 bits per heavy atom. The molecular weight excluding hydrogens is 268 g/mol. The van der Waals surface area contributed by atoms with Gasteiger partial charge >= 0.3 is 0 Å². The molecule has 0 atom stereocenters. The molecule has 6 nitrogen and oxygen atoms in total. The van der Waals surface area contributed by atoms with Crippen LogP contribution in [0.15, 0.2) is 41.9 Å². The largest absolute Gasteiger partial charge is 0.484 e. The zero-order valence-corrected chi connectivity index (χ0v) is 12.3. The maximum atomic E-state index is 10.7. The number of amides is 1. The number of guanidine groups is 1. The Morgan fingerprint density at radius 3 is 2.95 bits per heavy atom. The number of nitrogens with zero attached hydrogens (tertiary/aromatic N) is 1. The van der Waals surface area contributed by atoms with Gasteiger partial charge in [-0.05, 0) is 24.6 Å². The van der Waals surface area contributed by atoms with Crippen molar-refractivity contribution < 1.29 is 9.53 Å². The molecular formula is C15H22N4O2. The fourth-order valence-electron chi connectivity index (χ4n) is 1.57. The highest BCUT2D eigenvalue weighted by atomic mass is 16.5. The van der Waals surface area contributed by atoms with Gasteiger partial charge in [-0.1, -0.05) is 18.2 Å². The van der Waals surface area contributed by atoms with Crippen LogP contribution in [0.5, 0.6) is 5.75 Å². The third kappa shape index (κ3) is 7.00. The van der Waals surface area contributed by atoms with Gasteiger partial charge in [0.15, 0.2) is 12.6 Å². The predicted octanol–water partition coefficient (Wildman–Crippen LogP) is 0.792. The molecule has 0 radical (unpaired) electrons. The molecule has 1 rings (SSSR count). The predicted molar refractivity (Wildman–Crippen MR) is 84.1 cm³/mol. The molecule has 0 saturated carbocycles. The van der Waals surface area contributed by atoms with Gasteiger partial charge in [-0.2, -0.15) is 0 Å². The molecule has 0 unspecified atom stereocenters. The Labute approximate surface area is 125 Å². The maximum absolute atomic E-state index is 10.7. The van der Waals surface area contributed by atoms with E-state index in [-0.39, 0.29) is 6.61 Å². The van der Waals surface area contributed by atoms with Crippen LogP contribution in [0.2, 0.25) is 0 Å². The SMILES string of the molecule is C=CCNC(=NCc1cccc(OCC(N)=O)c1)NCC. The number of rotatable bonds is 8. The van der Waals surface area contributed by atoms with Crippen LogP contribution in [0, 0.1) is 0 Å². The number of aliphatic imine (C=N–C) groups is 1. The van der Waals surface area contributed by atoms with Gasteiger partial charge in [0.2, 0.25) is 0 Å². The number of hydrogen-bond donors (Lipinski definition) is 3. The van der Waals surface area contributed by atoms with Crippen LogP contribution in [0.4, 0.5) is 0 Å². The molecule has 1 aromatic carbocycles. The van der Waals surface area contributed by atoms with E-state index in [2.05, 4.69) is 22.2 Å². The van der Waals surface area contributed by atoms with Gasteiger partial charge in [-0.25, -0.2) is 4.99 Å². The topological polar surface area (TPSA) is 88.7 Å². The fraction of sp³-hybridized carbons (Fsp3) is 0.333. The van der Waals surface area contributed by atoms with Gasteiger partial charge in [0, 0.05) is 13.1 Å². The number of hydrogen-bond acceptors (Lipinski definition) is 3. The smallest absolute Gasteiger partial charge is 0.255 e. The van der Waals surface area contributed by atoms with E-state index >= 15 is 0 Å². The standard InChI is InChI=1S/C15H22N4O2/c1-3-8-18-15(17-4-2)19-10-12-6-5-7-13(9-12)21-11-14(16)20/h3,5-7,9H,1,4,8,10-11H2,2H3,(H2,16,20)(H2,17,18,19). The lowest BCUT2D eigenvalue weighted by atomic mass is 10.2. The van der Waals surface area contributed by atoms with Gasteiger partial charge in [-0.3, -0.25) is 4.79 Å². The number of nitrogens with two attached hydrogens (primary N) is 1. The van der Waals surface area contributed by atoms with Gasteiger partial charge in [0.1, 0.15) is 5.75 Å². The first kappa shape index (κ1) is 16.6. The van der Waals surface area contributed by atoms with Crippen molar-refractivity contribution in [2.75, 3.05) is 19.7 Å². The lowest BCUT2D eigenvalue weighted by molar-refractivity contribution is -0.119. The second-order valence-corrected chi connectivity index (χ2v) is 4.27. The molecule has 114 valence electrons. The normalized spacial score (nSPS) is 10.8. The second kappa shape index (κ2) is 9.41. The highest BCUT2D eigenvalue weighted by Crippen LogP contribution is 2.13. The van der Waals surface area contributed by atoms with Crippen molar-refractivity contribution in [1.82, 2.24) is 10.6 Å². The fourth-order valence-corrected chi connectivity index (χ4v) is 1.57. The van der Waals surface area contributed by atoms with Gasteiger partial charge < -0.3 is 21.1 Å². The van der Waals surface area contributed by atoms with Gasteiger partial charge in [0.25, 0.3) is 5.91 Å². The third-order valence-corrected chi connectivity index (χ3v) is 2.46. The summed E-state index contributed by atoms with van der Waals surface area (Å²) in [6, 6.07) is 7.41. The monoisotopic (exact) mass is 290 g/mol. The summed E-state index contributed by atoms with van der Waals surface area (Å²) in [6.07, 6.45) is 1.77. The quantitative estimate of drug-likeness (QED) is 0.375. The van der Waals surface area contributed by atoms with Crippen LogP contribution in [0.25, 0.3) is 0 Å². The molecule has 0 aliphatic carbocycles. The first-order valence-corrected chi connectivity index (χ1v) is 6.78. The molecule has 0 aromatic heterocycles. The summed E-state index contributed by atoms with van der Waals surface area (Å²) in [7, 11) is 0. The molecule has 0 spiro atoms. The van der Waals surface area contributed by atoms with Gasteiger partial charge in [0.05, 0.1) is 6.54 Å². The first-order chi connectivity index (χ1) is 10.2. The minimum absolute atomic E-state index is 0.129. The average molecular weight is 290 g/mol. The molecule has 21 heavy (non-hydrogen) atoms. The summed E-state index contributed by atoms with van der Waals surface area (Å²) in [5.41, 5.74) is 6.03. The summed E-state index contributed by atoms with van der Waals surface area (Å²) in [4.78, 5) is 15.2. The Kier molecular flexibility index (Phi) is 7.42. The Hall–Kier alpha value is -2.50. The Bertz CT molecular complexity index is 500. The minimum Gasteiger partial charge on any atom is -0.484 e. The molecule has 1 amide bonds. The number of carbonyl (C=O) groups is 1. The van der Waals surface area contributed by atoms with E-state index in [1.54, 1.807) is 12.1 Å². The van der Waals surface area contributed by atoms with E-state index in [0.717, 1.165) is 18.1 Å². The van der Waals surface area contributed by atoms with Crippen molar-refractivity contribution in [3.8, 4) is 5.75 Å².